The van der Waals surface area contributed by atoms with Gasteiger partial charge in [-0.2, -0.15) is 0 Å². The van der Waals surface area contributed by atoms with Crippen LogP contribution in [0.2, 0.25) is 0 Å². The van der Waals surface area contributed by atoms with E-state index in [9.17, 15) is 9.90 Å². The Morgan fingerprint density at radius 3 is 2.69 bits per heavy atom. The van der Waals surface area contributed by atoms with Crippen LogP contribution in [0.4, 0.5) is 0 Å². The Hall–Kier alpha value is -0.670. The van der Waals surface area contributed by atoms with Crippen LogP contribution in [0, 0.1) is 0 Å². The molecule has 0 bridgehead atoms. The molecule has 1 rings (SSSR count). The van der Waals surface area contributed by atoms with Crippen LogP contribution < -0.4 is 5.73 Å². The van der Waals surface area contributed by atoms with E-state index in [1.54, 1.807) is 6.92 Å². The molecule has 74 valence electrons. The highest BCUT2D eigenvalue weighted by atomic mass is 16.3. The van der Waals surface area contributed by atoms with Crippen LogP contribution >= 0.6 is 0 Å². The standard InChI is InChI=1S/C10H17NO2/c1-7(2)9(12)10(13)6-4-3-5-8(10)11/h8,13H,1,3-6,11H2,2H3. The van der Waals surface area contributed by atoms with Crippen molar-refractivity contribution in [2.75, 3.05) is 0 Å². The van der Waals surface area contributed by atoms with Gasteiger partial charge in [0.15, 0.2) is 5.78 Å². The molecule has 1 fully saturated rings. The maximum Gasteiger partial charge on any atom is 0.191 e. The molecule has 3 nitrogen and oxygen atoms in total. The van der Waals surface area contributed by atoms with Gasteiger partial charge in [0.1, 0.15) is 5.60 Å². The van der Waals surface area contributed by atoms with E-state index in [0.717, 1.165) is 19.3 Å². The Labute approximate surface area is 78.6 Å². The molecular weight excluding hydrogens is 166 g/mol. The number of carbonyl (C=O) groups is 1. The second-order valence-electron chi connectivity index (χ2n) is 3.89. The molecule has 2 atom stereocenters. The topological polar surface area (TPSA) is 63.3 Å². The lowest BCUT2D eigenvalue weighted by Crippen LogP contribution is -2.55. The van der Waals surface area contributed by atoms with Gasteiger partial charge in [0.2, 0.25) is 0 Å². The third-order valence-corrected chi connectivity index (χ3v) is 2.72. The molecule has 13 heavy (non-hydrogen) atoms. The Bertz CT molecular complexity index is 237. The SMILES string of the molecule is C=C(C)C(=O)C1(O)CCCCC1N. The molecule has 3 N–H and O–H groups in total. The number of hydrogen-bond acceptors (Lipinski definition) is 3. The van der Waals surface area contributed by atoms with Crippen molar-refractivity contribution >= 4 is 5.78 Å². The van der Waals surface area contributed by atoms with Gasteiger partial charge in [-0.15, -0.1) is 0 Å². The van der Waals surface area contributed by atoms with Gasteiger partial charge in [-0.05, 0) is 31.8 Å². The minimum absolute atomic E-state index is 0.292. The number of nitrogens with two attached hydrogens (primary N) is 1. The average molecular weight is 183 g/mol. The fraction of sp³-hybridized carbons (Fsp3) is 0.700. The summed E-state index contributed by atoms with van der Waals surface area (Å²) < 4.78 is 0. The van der Waals surface area contributed by atoms with E-state index in [-0.39, 0.29) is 5.78 Å². The summed E-state index contributed by atoms with van der Waals surface area (Å²) in [5, 5.41) is 10.0. The maximum absolute atomic E-state index is 11.6. The van der Waals surface area contributed by atoms with Crippen molar-refractivity contribution in [1.82, 2.24) is 0 Å². The van der Waals surface area contributed by atoms with Crippen LogP contribution in [-0.2, 0) is 4.79 Å². The van der Waals surface area contributed by atoms with E-state index in [2.05, 4.69) is 6.58 Å². The van der Waals surface area contributed by atoms with Gasteiger partial charge in [-0.1, -0.05) is 13.0 Å². The highest BCUT2D eigenvalue weighted by Gasteiger charge is 2.43. The lowest BCUT2D eigenvalue weighted by Gasteiger charge is -2.36. The molecule has 0 heterocycles. The van der Waals surface area contributed by atoms with Crippen molar-refractivity contribution < 1.29 is 9.90 Å². The normalized spacial score (nSPS) is 34.2. The van der Waals surface area contributed by atoms with E-state index in [0.29, 0.717) is 12.0 Å². The summed E-state index contributed by atoms with van der Waals surface area (Å²) >= 11 is 0. The zero-order chi connectivity index (χ0) is 10.1. The zero-order valence-corrected chi connectivity index (χ0v) is 8.05. The Morgan fingerprint density at radius 1 is 1.62 bits per heavy atom. The summed E-state index contributed by atoms with van der Waals surface area (Å²) in [4.78, 5) is 11.6. The summed E-state index contributed by atoms with van der Waals surface area (Å²) in [6.45, 7) is 5.16. The van der Waals surface area contributed by atoms with Gasteiger partial charge in [0.05, 0.1) is 0 Å². The lowest BCUT2D eigenvalue weighted by molar-refractivity contribution is -0.138. The Balaban J connectivity index is 2.83. The van der Waals surface area contributed by atoms with Crippen molar-refractivity contribution in [3.63, 3.8) is 0 Å². The highest BCUT2D eigenvalue weighted by Crippen LogP contribution is 2.29. The third kappa shape index (κ3) is 1.81. The minimum atomic E-state index is -1.34. The Kier molecular flexibility index (Phi) is 2.88. The molecule has 0 aromatic carbocycles. The van der Waals surface area contributed by atoms with E-state index in [1.807, 2.05) is 0 Å². The molecule has 1 saturated carbocycles. The molecule has 0 aliphatic heterocycles. The van der Waals surface area contributed by atoms with E-state index < -0.39 is 11.6 Å². The van der Waals surface area contributed by atoms with Gasteiger partial charge in [-0.3, -0.25) is 4.79 Å². The molecular formula is C10H17NO2. The molecule has 0 saturated heterocycles. The largest absolute Gasteiger partial charge is 0.380 e. The molecule has 0 spiro atoms. The van der Waals surface area contributed by atoms with Crippen molar-refractivity contribution in [3.8, 4) is 0 Å². The van der Waals surface area contributed by atoms with E-state index in [1.165, 1.54) is 0 Å². The zero-order valence-electron chi connectivity index (χ0n) is 8.05. The van der Waals surface area contributed by atoms with Crippen LogP contribution in [0.15, 0.2) is 12.2 Å². The first-order chi connectivity index (χ1) is 5.98. The van der Waals surface area contributed by atoms with Crippen molar-refractivity contribution in [3.05, 3.63) is 12.2 Å². The van der Waals surface area contributed by atoms with Gasteiger partial charge >= 0.3 is 0 Å². The molecule has 0 aromatic rings. The first kappa shape index (κ1) is 10.4. The van der Waals surface area contributed by atoms with Crippen LogP contribution in [0.5, 0.6) is 0 Å². The number of aliphatic hydroxyl groups is 1. The monoisotopic (exact) mass is 183 g/mol. The lowest BCUT2D eigenvalue weighted by atomic mass is 9.76. The summed E-state index contributed by atoms with van der Waals surface area (Å²) in [6.07, 6.45) is 3.05. The number of Topliss-reactive ketones (excluding diaryl/α,β-unsaturated/α-hetero) is 1. The maximum atomic E-state index is 11.6. The molecule has 1 aliphatic carbocycles. The average Bonchev–Trinajstić information content (AvgIpc) is 2.09. The van der Waals surface area contributed by atoms with Gasteiger partial charge < -0.3 is 10.8 Å². The van der Waals surface area contributed by atoms with Crippen molar-refractivity contribution in [1.29, 1.82) is 0 Å². The molecule has 0 radical (unpaired) electrons. The number of carbonyl (C=O) groups excluding carboxylic acids is 1. The Morgan fingerprint density at radius 2 is 2.23 bits per heavy atom. The predicted octanol–water partition coefficient (Wildman–Crippen LogP) is 0.764. The fourth-order valence-electron chi connectivity index (χ4n) is 1.83. The smallest absolute Gasteiger partial charge is 0.191 e. The minimum Gasteiger partial charge on any atom is -0.380 e. The van der Waals surface area contributed by atoms with E-state index in [4.69, 9.17) is 5.73 Å². The predicted molar refractivity (Wildman–Crippen MR) is 51.2 cm³/mol. The molecule has 0 aromatic heterocycles. The van der Waals surface area contributed by atoms with Gasteiger partial charge in [0, 0.05) is 6.04 Å². The molecule has 3 heteroatoms. The van der Waals surface area contributed by atoms with Gasteiger partial charge in [0.25, 0.3) is 0 Å². The van der Waals surface area contributed by atoms with Crippen molar-refractivity contribution in [2.45, 2.75) is 44.2 Å². The second-order valence-corrected chi connectivity index (χ2v) is 3.89. The quantitative estimate of drug-likeness (QED) is 0.621. The first-order valence-electron chi connectivity index (χ1n) is 4.67. The number of hydrogen-bond donors (Lipinski definition) is 2. The summed E-state index contributed by atoms with van der Waals surface area (Å²) in [7, 11) is 0. The first-order valence-corrected chi connectivity index (χ1v) is 4.67. The fourth-order valence-corrected chi connectivity index (χ4v) is 1.83. The summed E-state index contributed by atoms with van der Waals surface area (Å²) in [6, 6.07) is -0.426. The van der Waals surface area contributed by atoms with Crippen LogP contribution in [0.1, 0.15) is 32.6 Å². The molecule has 2 unspecified atom stereocenters. The highest BCUT2D eigenvalue weighted by molar-refractivity contribution is 6.01. The summed E-state index contributed by atoms with van der Waals surface area (Å²) in [5.41, 5.74) is 4.79. The van der Waals surface area contributed by atoms with Gasteiger partial charge in [-0.25, -0.2) is 0 Å². The summed E-state index contributed by atoms with van der Waals surface area (Å²) in [5.74, 6) is -0.292. The van der Waals surface area contributed by atoms with Crippen LogP contribution in [0.25, 0.3) is 0 Å². The second kappa shape index (κ2) is 3.60. The number of ketones is 1. The number of rotatable bonds is 2. The van der Waals surface area contributed by atoms with Crippen LogP contribution in [-0.4, -0.2) is 22.5 Å². The molecule has 1 aliphatic rings. The van der Waals surface area contributed by atoms with Crippen molar-refractivity contribution in [2.24, 2.45) is 5.73 Å². The van der Waals surface area contributed by atoms with E-state index >= 15 is 0 Å². The van der Waals surface area contributed by atoms with Crippen LogP contribution in [0.3, 0.4) is 0 Å². The third-order valence-electron chi connectivity index (χ3n) is 2.72. The molecule has 0 amide bonds.